The summed E-state index contributed by atoms with van der Waals surface area (Å²) in [6, 6.07) is 0. The zero-order valence-corrected chi connectivity index (χ0v) is 14.4. The number of rotatable bonds is 6. The van der Waals surface area contributed by atoms with Crippen molar-refractivity contribution < 1.29 is 14.6 Å². The maximum absolute atomic E-state index is 12.6. The predicted octanol–water partition coefficient (Wildman–Crippen LogP) is 1.35. The summed E-state index contributed by atoms with van der Waals surface area (Å²) in [6.45, 7) is 8.89. The van der Waals surface area contributed by atoms with Gasteiger partial charge in [-0.15, -0.1) is 0 Å². The summed E-state index contributed by atoms with van der Waals surface area (Å²) in [5.41, 5.74) is -1.20. The molecule has 0 radical (unpaired) electrons. The lowest BCUT2D eigenvalue weighted by Gasteiger charge is -2.42. The third kappa shape index (κ3) is 4.21. The van der Waals surface area contributed by atoms with E-state index in [0.717, 1.165) is 37.9 Å². The predicted molar refractivity (Wildman–Crippen MR) is 86.6 cm³/mol. The average Bonchev–Trinajstić information content (AvgIpc) is 2.49. The lowest BCUT2D eigenvalue weighted by Crippen LogP contribution is -2.59. The molecule has 0 aromatic rings. The number of hydrogen-bond donors (Lipinski definition) is 1. The van der Waals surface area contributed by atoms with Gasteiger partial charge in [0.2, 0.25) is 0 Å². The number of carbonyl (C=O) groups is 1. The molecule has 128 valence electrons. The van der Waals surface area contributed by atoms with Crippen LogP contribution in [-0.2, 0) is 9.53 Å². The fraction of sp³-hybridized carbons (Fsp3) is 0.941. The number of aliphatic hydroxyl groups is 1. The molecule has 22 heavy (non-hydrogen) atoms. The van der Waals surface area contributed by atoms with E-state index in [-0.39, 0.29) is 5.91 Å². The minimum Gasteiger partial charge on any atom is -0.383 e. The van der Waals surface area contributed by atoms with E-state index in [0.29, 0.717) is 26.1 Å². The van der Waals surface area contributed by atoms with Crippen LogP contribution in [0.25, 0.3) is 0 Å². The Kier molecular flexibility index (Phi) is 6.24. The van der Waals surface area contributed by atoms with Crippen LogP contribution in [0, 0.1) is 11.8 Å². The Labute approximate surface area is 134 Å². The fourth-order valence-corrected chi connectivity index (χ4v) is 3.77. The third-order valence-corrected chi connectivity index (χ3v) is 5.33. The van der Waals surface area contributed by atoms with Crippen LogP contribution in [0.3, 0.4) is 0 Å². The summed E-state index contributed by atoms with van der Waals surface area (Å²) >= 11 is 0. The second-order valence-electron chi connectivity index (χ2n) is 7.28. The molecule has 0 aromatic heterocycles. The molecular weight excluding hydrogens is 280 g/mol. The van der Waals surface area contributed by atoms with E-state index >= 15 is 0 Å². The van der Waals surface area contributed by atoms with Gasteiger partial charge in [-0.2, -0.15) is 0 Å². The Bertz CT molecular complexity index is 367. The first kappa shape index (κ1) is 17.7. The largest absolute Gasteiger partial charge is 0.383 e. The molecule has 2 heterocycles. The lowest BCUT2D eigenvalue weighted by molar-refractivity contribution is -0.160. The minimum absolute atomic E-state index is 0.109. The normalized spacial score (nSPS) is 28.6. The topological polar surface area (TPSA) is 53.0 Å². The Morgan fingerprint density at radius 3 is 2.59 bits per heavy atom. The molecule has 1 N–H and O–H groups in total. The highest BCUT2D eigenvalue weighted by Gasteiger charge is 2.43. The Balaban J connectivity index is 1.89. The maximum Gasteiger partial charge on any atom is 0.255 e. The Morgan fingerprint density at radius 1 is 1.32 bits per heavy atom. The van der Waals surface area contributed by atoms with Crippen molar-refractivity contribution in [2.45, 2.75) is 45.1 Å². The van der Waals surface area contributed by atoms with E-state index in [1.165, 1.54) is 12.8 Å². The van der Waals surface area contributed by atoms with Crippen molar-refractivity contribution >= 4 is 5.91 Å². The molecular formula is C17H32N2O3. The zero-order valence-electron chi connectivity index (χ0n) is 14.4. The second kappa shape index (κ2) is 7.75. The van der Waals surface area contributed by atoms with Crippen molar-refractivity contribution in [1.82, 2.24) is 9.80 Å². The number of likely N-dealkylation sites (tertiary alicyclic amines) is 2. The molecule has 2 saturated heterocycles. The van der Waals surface area contributed by atoms with Gasteiger partial charge in [-0.25, -0.2) is 0 Å². The van der Waals surface area contributed by atoms with Gasteiger partial charge in [-0.1, -0.05) is 13.8 Å². The van der Waals surface area contributed by atoms with Crippen molar-refractivity contribution in [3.05, 3.63) is 0 Å². The molecule has 2 aliphatic rings. The van der Waals surface area contributed by atoms with Crippen LogP contribution in [0.15, 0.2) is 0 Å². The van der Waals surface area contributed by atoms with Crippen molar-refractivity contribution in [1.29, 1.82) is 0 Å². The lowest BCUT2D eigenvalue weighted by atomic mass is 9.85. The van der Waals surface area contributed by atoms with Gasteiger partial charge in [-0.05, 0) is 50.6 Å². The Morgan fingerprint density at radius 2 is 2.00 bits per heavy atom. The zero-order chi connectivity index (χ0) is 16.2. The van der Waals surface area contributed by atoms with Crippen LogP contribution >= 0.6 is 0 Å². The molecule has 0 spiro atoms. The summed E-state index contributed by atoms with van der Waals surface area (Å²) in [6.07, 6.45) is 3.80. The molecule has 0 bridgehead atoms. The number of nitrogens with zero attached hydrogens (tertiary/aromatic N) is 2. The number of methoxy groups -OCH3 is 1. The first-order chi connectivity index (χ1) is 10.5. The molecule has 2 aliphatic heterocycles. The smallest absolute Gasteiger partial charge is 0.255 e. The highest BCUT2D eigenvalue weighted by atomic mass is 16.5. The SMILES string of the molecule is COCCN1CCCC(O)(CN2CCC(C(C)C)CC2)C1=O. The first-order valence-electron chi connectivity index (χ1n) is 8.69. The van der Waals surface area contributed by atoms with Crippen LogP contribution < -0.4 is 0 Å². The number of hydrogen-bond acceptors (Lipinski definition) is 4. The second-order valence-corrected chi connectivity index (χ2v) is 7.28. The van der Waals surface area contributed by atoms with Crippen LogP contribution in [0.1, 0.15) is 39.5 Å². The number of amides is 1. The summed E-state index contributed by atoms with van der Waals surface area (Å²) in [7, 11) is 1.64. The van der Waals surface area contributed by atoms with Gasteiger partial charge in [-0.3, -0.25) is 9.69 Å². The van der Waals surface area contributed by atoms with Crippen molar-refractivity contribution in [2.75, 3.05) is 46.4 Å². The van der Waals surface area contributed by atoms with Crippen molar-refractivity contribution in [3.8, 4) is 0 Å². The molecule has 0 saturated carbocycles. The standard InChI is InChI=1S/C17H32N2O3/c1-14(2)15-5-9-18(10-6-15)13-17(21)7-4-8-19(16(17)20)11-12-22-3/h14-15,21H,4-13H2,1-3H3. The Hall–Kier alpha value is -0.650. The molecule has 2 fully saturated rings. The minimum atomic E-state index is -1.20. The maximum atomic E-state index is 12.6. The molecule has 2 rings (SSSR count). The van der Waals surface area contributed by atoms with Gasteiger partial charge in [0.05, 0.1) is 6.61 Å². The van der Waals surface area contributed by atoms with Gasteiger partial charge in [0.25, 0.3) is 5.91 Å². The van der Waals surface area contributed by atoms with Crippen LogP contribution in [-0.4, -0.2) is 72.9 Å². The van der Waals surface area contributed by atoms with Gasteiger partial charge < -0.3 is 14.7 Å². The molecule has 1 atom stereocenters. The molecule has 0 aromatic carbocycles. The monoisotopic (exact) mass is 312 g/mol. The molecule has 0 aliphatic carbocycles. The quantitative estimate of drug-likeness (QED) is 0.804. The number of piperidine rings is 2. The molecule has 5 heteroatoms. The van der Waals surface area contributed by atoms with Gasteiger partial charge in [0.1, 0.15) is 0 Å². The molecule has 1 unspecified atom stereocenters. The average molecular weight is 312 g/mol. The van der Waals surface area contributed by atoms with Gasteiger partial charge >= 0.3 is 0 Å². The molecule has 1 amide bonds. The van der Waals surface area contributed by atoms with E-state index in [4.69, 9.17) is 4.74 Å². The highest BCUT2D eigenvalue weighted by Crippen LogP contribution is 2.28. The van der Waals surface area contributed by atoms with Crippen LogP contribution in [0.4, 0.5) is 0 Å². The number of carbonyl (C=O) groups excluding carboxylic acids is 1. The van der Waals surface area contributed by atoms with Crippen molar-refractivity contribution in [3.63, 3.8) is 0 Å². The van der Waals surface area contributed by atoms with E-state index in [9.17, 15) is 9.90 Å². The highest BCUT2D eigenvalue weighted by molar-refractivity contribution is 5.86. The number of ether oxygens (including phenoxy) is 1. The van der Waals surface area contributed by atoms with Gasteiger partial charge in [0.15, 0.2) is 5.60 Å². The van der Waals surface area contributed by atoms with Gasteiger partial charge in [0, 0.05) is 26.7 Å². The summed E-state index contributed by atoms with van der Waals surface area (Å²) in [5.74, 6) is 1.40. The summed E-state index contributed by atoms with van der Waals surface area (Å²) in [5, 5.41) is 10.9. The van der Waals surface area contributed by atoms with E-state index in [1.54, 1.807) is 12.0 Å². The summed E-state index contributed by atoms with van der Waals surface area (Å²) < 4.78 is 5.06. The van der Waals surface area contributed by atoms with E-state index < -0.39 is 5.60 Å². The van der Waals surface area contributed by atoms with Crippen molar-refractivity contribution in [2.24, 2.45) is 11.8 Å². The van der Waals surface area contributed by atoms with Crippen LogP contribution in [0.5, 0.6) is 0 Å². The third-order valence-electron chi connectivity index (χ3n) is 5.33. The first-order valence-corrected chi connectivity index (χ1v) is 8.69. The fourth-order valence-electron chi connectivity index (χ4n) is 3.77. The molecule has 5 nitrogen and oxygen atoms in total. The van der Waals surface area contributed by atoms with E-state index in [1.807, 2.05) is 0 Å². The summed E-state index contributed by atoms with van der Waals surface area (Å²) in [4.78, 5) is 16.6. The van der Waals surface area contributed by atoms with E-state index in [2.05, 4.69) is 18.7 Å². The number of β-amino-alcohol motifs (C(OH)–C–C–N with tert-alkyl or cyclic N) is 1. The van der Waals surface area contributed by atoms with Crippen LogP contribution in [0.2, 0.25) is 0 Å².